The van der Waals surface area contributed by atoms with Gasteiger partial charge in [0.15, 0.2) is 0 Å². The van der Waals surface area contributed by atoms with E-state index < -0.39 is 0 Å². The minimum absolute atomic E-state index is 0.706. The molecule has 24 heavy (non-hydrogen) atoms. The number of piperidine rings is 1. The van der Waals surface area contributed by atoms with E-state index in [1.807, 2.05) is 11.3 Å². The Labute approximate surface area is 147 Å². The van der Waals surface area contributed by atoms with Crippen LogP contribution in [0, 0.1) is 0 Å². The van der Waals surface area contributed by atoms with Crippen molar-refractivity contribution >= 4 is 17.2 Å². The highest BCUT2D eigenvalue weighted by Crippen LogP contribution is 2.39. The Bertz CT molecular complexity index is 716. The van der Waals surface area contributed by atoms with Gasteiger partial charge in [-0.2, -0.15) is 0 Å². The summed E-state index contributed by atoms with van der Waals surface area (Å²) >= 11 is 1.93. The van der Waals surface area contributed by atoms with Gasteiger partial charge in [0.1, 0.15) is 12.1 Å². The maximum Gasteiger partial charge on any atom is 0.132 e. The van der Waals surface area contributed by atoms with Gasteiger partial charge in [0.25, 0.3) is 0 Å². The average molecular weight is 340 g/mol. The standard InChI is InChI=1S/C19H24N4S/c1-2-14(1)17-11-19(21-13-20-17)22-7-3-16(4-8-22)23-9-5-18-15(12-23)6-10-24-18/h6,10-11,13-14,16H,1-5,7-9,12H2. The molecule has 3 aliphatic rings. The predicted octanol–water partition coefficient (Wildman–Crippen LogP) is 3.44. The van der Waals surface area contributed by atoms with Crippen molar-refractivity contribution in [3.05, 3.63) is 40.0 Å². The van der Waals surface area contributed by atoms with Crippen LogP contribution in [0.1, 0.15) is 47.7 Å². The van der Waals surface area contributed by atoms with Gasteiger partial charge in [-0.25, -0.2) is 9.97 Å². The van der Waals surface area contributed by atoms with Gasteiger partial charge < -0.3 is 4.90 Å². The number of anilines is 1. The van der Waals surface area contributed by atoms with E-state index in [2.05, 4.69) is 37.3 Å². The zero-order valence-electron chi connectivity index (χ0n) is 14.0. The number of hydrogen-bond donors (Lipinski definition) is 0. The van der Waals surface area contributed by atoms with E-state index in [0.29, 0.717) is 5.92 Å². The lowest BCUT2D eigenvalue weighted by Crippen LogP contribution is -2.46. The van der Waals surface area contributed by atoms with Crippen LogP contribution in [0.2, 0.25) is 0 Å². The molecule has 1 aliphatic carbocycles. The van der Waals surface area contributed by atoms with Crippen molar-refractivity contribution < 1.29 is 0 Å². The molecule has 2 aromatic rings. The van der Waals surface area contributed by atoms with Crippen LogP contribution in [0.25, 0.3) is 0 Å². The van der Waals surface area contributed by atoms with E-state index in [1.165, 1.54) is 44.3 Å². The Morgan fingerprint density at radius 2 is 1.92 bits per heavy atom. The van der Waals surface area contributed by atoms with E-state index in [1.54, 1.807) is 16.8 Å². The number of fused-ring (bicyclic) bond motifs is 1. The summed E-state index contributed by atoms with van der Waals surface area (Å²) in [5, 5.41) is 2.25. The molecule has 5 rings (SSSR count). The zero-order valence-corrected chi connectivity index (χ0v) is 14.8. The first-order chi connectivity index (χ1) is 11.9. The van der Waals surface area contributed by atoms with Crippen molar-refractivity contribution in [2.24, 2.45) is 0 Å². The summed E-state index contributed by atoms with van der Waals surface area (Å²) in [6, 6.07) is 5.29. The van der Waals surface area contributed by atoms with Gasteiger partial charge in [0, 0.05) is 54.8 Å². The molecule has 0 N–H and O–H groups in total. The lowest BCUT2D eigenvalue weighted by Gasteiger charge is -2.40. The fraction of sp³-hybridized carbons (Fsp3) is 0.579. The molecule has 126 valence electrons. The second-order valence-corrected chi connectivity index (χ2v) is 8.38. The second-order valence-electron chi connectivity index (χ2n) is 7.38. The van der Waals surface area contributed by atoms with Crippen molar-refractivity contribution in [1.82, 2.24) is 14.9 Å². The molecule has 0 amide bonds. The largest absolute Gasteiger partial charge is 0.356 e. The quantitative estimate of drug-likeness (QED) is 0.857. The van der Waals surface area contributed by atoms with Crippen molar-refractivity contribution in [1.29, 1.82) is 0 Å². The monoisotopic (exact) mass is 340 g/mol. The van der Waals surface area contributed by atoms with Gasteiger partial charge in [-0.15, -0.1) is 11.3 Å². The first kappa shape index (κ1) is 14.8. The SMILES string of the molecule is c1nc(C2CC2)cc(N2CCC(N3CCc4sccc4C3)CC2)n1. The molecule has 2 aliphatic heterocycles. The summed E-state index contributed by atoms with van der Waals surface area (Å²) in [7, 11) is 0. The van der Waals surface area contributed by atoms with Gasteiger partial charge in [-0.3, -0.25) is 4.90 Å². The van der Waals surface area contributed by atoms with Gasteiger partial charge >= 0.3 is 0 Å². The molecule has 0 bridgehead atoms. The third-order valence-electron chi connectivity index (χ3n) is 5.81. The summed E-state index contributed by atoms with van der Waals surface area (Å²) in [5.74, 6) is 1.85. The maximum absolute atomic E-state index is 4.54. The molecule has 0 atom stereocenters. The van der Waals surface area contributed by atoms with Gasteiger partial charge in [0.2, 0.25) is 0 Å². The molecule has 1 saturated heterocycles. The normalized spacial score (nSPS) is 22.6. The fourth-order valence-corrected chi connectivity index (χ4v) is 5.07. The molecule has 2 aromatic heterocycles. The van der Waals surface area contributed by atoms with Crippen LogP contribution >= 0.6 is 11.3 Å². The summed E-state index contributed by atoms with van der Waals surface area (Å²) in [6.07, 6.45) is 8.11. The zero-order chi connectivity index (χ0) is 15.9. The van der Waals surface area contributed by atoms with Crippen LogP contribution in [0.4, 0.5) is 5.82 Å². The van der Waals surface area contributed by atoms with E-state index in [-0.39, 0.29) is 0 Å². The Balaban J connectivity index is 1.22. The third-order valence-corrected chi connectivity index (χ3v) is 6.83. The van der Waals surface area contributed by atoms with Gasteiger partial charge in [0.05, 0.1) is 0 Å². The van der Waals surface area contributed by atoms with Crippen molar-refractivity contribution in [3.63, 3.8) is 0 Å². The lowest BCUT2D eigenvalue weighted by atomic mass is 9.99. The van der Waals surface area contributed by atoms with Crippen molar-refractivity contribution in [2.75, 3.05) is 24.5 Å². The smallest absolute Gasteiger partial charge is 0.132 e. The second kappa shape index (κ2) is 6.12. The lowest BCUT2D eigenvalue weighted by molar-refractivity contribution is 0.154. The molecule has 0 radical (unpaired) electrons. The summed E-state index contributed by atoms with van der Waals surface area (Å²) in [4.78, 5) is 15.8. The number of thiophene rings is 1. The topological polar surface area (TPSA) is 32.3 Å². The minimum atomic E-state index is 0.706. The average Bonchev–Trinajstić information content (AvgIpc) is 3.39. The Hall–Kier alpha value is -1.46. The molecular weight excluding hydrogens is 316 g/mol. The predicted molar refractivity (Wildman–Crippen MR) is 97.7 cm³/mol. The van der Waals surface area contributed by atoms with Crippen LogP contribution in [0.3, 0.4) is 0 Å². The molecule has 0 spiro atoms. The minimum Gasteiger partial charge on any atom is -0.356 e. The molecule has 5 heteroatoms. The van der Waals surface area contributed by atoms with Crippen LogP contribution in [-0.2, 0) is 13.0 Å². The van der Waals surface area contributed by atoms with Crippen molar-refractivity contribution in [3.8, 4) is 0 Å². The van der Waals surface area contributed by atoms with E-state index in [9.17, 15) is 0 Å². The molecule has 0 aromatic carbocycles. The van der Waals surface area contributed by atoms with Crippen LogP contribution in [0.5, 0.6) is 0 Å². The highest BCUT2D eigenvalue weighted by atomic mass is 32.1. The van der Waals surface area contributed by atoms with Gasteiger partial charge in [-0.05, 0) is 49.1 Å². The van der Waals surface area contributed by atoms with Crippen LogP contribution in [0.15, 0.2) is 23.8 Å². The Morgan fingerprint density at radius 3 is 2.75 bits per heavy atom. The molecule has 4 nitrogen and oxygen atoms in total. The van der Waals surface area contributed by atoms with Crippen LogP contribution < -0.4 is 4.90 Å². The Kier molecular flexibility index (Phi) is 3.78. The van der Waals surface area contributed by atoms with E-state index in [4.69, 9.17) is 0 Å². The number of rotatable bonds is 3. The summed E-state index contributed by atoms with van der Waals surface area (Å²) < 4.78 is 0. The highest BCUT2D eigenvalue weighted by molar-refractivity contribution is 7.10. The fourth-order valence-electron chi connectivity index (χ4n) is 4.18. The van der Waals surface area contributed by atoms with Crippen LogP contribution in [-0.4, -0.2) is 40.5 Å². The van der Waals surface area contributed by atoms with E-state index in [0.717, 1.165) is 31.5 Å². The molecule has 4 heterocycles. The first-order valence-corrected chi connectivity index (χ1v) is 10.1. The maximum atomic E-state index is 4.54. The number of hydrogen-bond acceptors (Lipinski definition) is 5. The highest BCUT2D eigenvalue weighted by Gasteiger charge is 2.29. The third kappa shape index (κ3) is 2.84. The molecular formula is C19H24N4S. The van der Waals surface area contributed by atoms with E-state index >= 15 is 0 Å². The summed E-state index contributed by atoms with van der Waals surface area (Å²) in [5.41, 5.74) is 2.82. The number of nitrogens with zero attached hydrogens (tertiary/aromatic N) is 4. The van der Waals surface area contributed by atoms with Gasteiger partial charge in [-0.1, -0.05) is 0 Å². The molecule has 2 fully saturated rings. The van der Waals surface area contributed by atoms with Crippen molar-refractivity contribution in [2.45, 2.75) is 50.6 Å². The number of aromatic nitrogens is 2. The Morgan fingerprint density at radius 1 is 1.04 bits per heavy atom. The first-order valence-electron chi connectivity index (χ1n) is 9.23. The molecule has 1 saturated carbocycles. The summed E-state index contributed by atoms with van der Waals surface area (Å²) in [6.45, 7) is 4.64. The molecule has 0 unspecified atom stereocenters.